The molecule has 1 rings (SSSR count). The highest BCUT2D eigenvalue weighted by atomic mass is 16.5. The molecule has 0 aliphatic heterocycles. The average Bonchev–Trinajstić information content (AvgIpc) is 2.25. The van der Waals surface area contributed by atoms with Crippen LogP contribution in [0.4, 0.5) is 0 Å². The van der Waals surface area contributed by atoms with Gasteiger partial charge in [-0.2, -0.15) is 0 Å². The van der Waals surface area contributed by atoms with Crippen LogP contribution in [0, 0.1) is 5.41 Å². The lowest BCUT2D eigenvalue weighted by atomic mass is 9.97. The Morgan fingerprint density at radius 1 is 1.29 bits per heavy atom. The third-order valence-corrected chi connectivity index (χ3v) is 2.19. The van der Waals surface area contributed by atoms with Crippen LogP contribution in [0.25, 0.3) is 0 Å². The Hall–Kier alpha value is -1.51. The second-order valence-corrected chi connectivity index (χ2v) is 4.91. The SMILES string of the molecule is CCOc1cccc(COC(=O)C(C)(C)C)c1. The first kappa shape index (κ1) is 13.6. The predicted octanol–water partition coefficient (Wildman–Crippen LogP) is 3.17. The number of hydrogen-bond acceptors (Lipinski definition) is 3. The Morgan fingerprint density at radius 2 is 2.00 bits per heavy atom. The van der Waals surface area contributed by atoms with Gasteiger partial charge in [-0.15, -0.1) is 0 Å². The molecule has 3 heteroatoms. The minimum atomic E-state index is -0.461. The number of benzene rings is 1. The number of ether oxygens (including phenoxy) is 2. The summed E-state index contributed by atoms with van der Waals surface area (Å²) in [6, 6.07) is 7.59. The number of hydrogen-bond donors (Lipinski definition) is 0. The van der Waals surface area contributed by atoms with Gasteiger partial charge in [-0.1, -0.05) is 12.1 Å². The molecule has 0 heterocycles. The monoisotopic (exact) mass is 236 g/mol. The van der Waals surface area contributed by atoms with Crippen molar-refractivity contribution in [1.82, 2.24) is 0 Å². The van der Waals surface area contributed by atoms with E-state index < -0.39 is 5.41 Å². The van der Waals surface area contributed by atoms with Crippen LogP contribution >= 0.6 is 0 Å². The van der Waals surface area contributed by atoms with E-state index in [0.717, 1.165) is 11.3 Å². The highest BCUT2D eigenvalue weighted by molar-refractivity contribution is 5.75. The van der Waals surface area contributed by atoms with Crippen LogP contribution in [0.2, 0.25) is 0 Å². The molecule has 0 aliphatic carbocycles. The van der Waals surface area contributed by atoms with Crippen molar-refractivity contribution in [3.05, 3.63) is 29.8 Å². The molecule has 17 heavy (non-hydrogen) atoms. The summed E-state index contributed by atoms with van der Waals surface area (Å²) in [5.74, 6) is 0.608. The van der Waals surface area contributed by atoms with Crippen LogP contribution in [0.1, 0.15) is 33.3 Å². The van der Waals surface area contributed by atoms with Gasteiger partial charge in [0.05, 0.1) is 12.0 Å². The van der Waals surface area contributed by atoms with Crippen molar-refractivity contribution in [3.8, 4) is 5.75 Å². The maximum atomic E-state index is 11.6. The van der Waals surface area contributed by atoms with Crippen molar-refractivity contribution in [2.45, 2.75) is 34.3 Å². The Labute approximate surface area is 103 Å². The molecule has 0 saturated heterocycles. The minimum absolute atomic E-state index is 0.195. The van der Waals surface area contributed by atoms with E-state index in [0.29, 0.717) is 6.61 Å². The van der Waals surface area contributed by atoms with Gasteiger partial charge in [0.2, 0.25) is 0 Å². The molecule has 0 aromatic heterocycles. The lowest BCUT2D eigenvalue weighted by Gasteiger charge is -2.16. The molecule has 0 radical (unpaired) electrons. The van der Waals surface area contributed by atoms with E-state index >= 15 is 0 Å². The fourth-order valence-electron chi connectivity index (χ4n) is 1.26. The zero-order valence-corrected chi connectivity index (χ0v) is 10.9. The summed E-state index contributed by atoms with van der Waals surface area (Å²) in [4.78, 5) is 11.6. The predicted molar refractivity (Wildman–Crippen MR) is 66.9 cm³/mol. The Kier molecular flexibility index (Phi) is 4.55. The third kappa shape index (κ3) is 4.47. The fraction of sp³-hybridized carbons (Fsp3) is 0.500. The second-order valence-electron chi connectivity index (χ2n) is 4.91. The summed E-state index contributed by atoms with van der Waals surface area (Å²) < 4.78 is 10.6. The van der Waals surface area contributed by atoms with E-state index in [-0.39, 0.29) is 12.6 Å². The van der Waals surface area contributed by atoms with E-state index in [1.165, 1.54) is 0 Å². The molecular formula is C14H20O3. The molecule has 1 aromatic carbocycles. The first-order valence-corrected chi connectivity index (χ1v) is 5.82. The molecule has 94 valence electrons. The molecule has 0 amide bonds. The minimum Gasteiger partial charge on any atom is -0.494 e. The first-order chi connectivity index (χ1) is 7.93. The standard InChI is InChI=1S/C14H20O3/c1-5-16-12-8-6-7-11(9-12)10-17-13(15)14(2,3)4/h6-9H,5,10H2,1-4H3. The molecular weight excluding hydrogens is 216 g/mol. The van der Waals surface area contributed by atoms with E-state index in [2.05, 4.69) is 0 Å². The van der Waals surface area contributed by atoms with E-state index in [1.807, 2.05) is 52.0 Å². The third-order valence-electron chi connectivity index (χ3n) is 2.19. The summed E-state index contributed by atoms with van der Waals surface area (Å²) in [5.41, 5.74) is 0.478. The summed E-state index contributed by atoms with van der Waals surface area (Å²) >= 11 is 0. The Bertz CT molecular complexity index is 377. The van der Waals surface area contributed by atoms with Crippen LogP contribution in [0.5, 0.6) is 5.75 Å². The molecule has 0 unspecified atom stereocenters. The van der Waals surface area contributed by atoms with Gasteiger partial charge in [0, 0.05) is 0 Å². The lowest BCUT2D eigenvalue weighted by Crippen LogP contribution is -2.22. The largest absolute Gasteiger partial charge is 0.494 e. The van der Waals surface area contributed by atoms with Crippen molar-refractivity contribution in [1.29, 1.82) is 0 Å². The average molecular weight is 236 g/mol. The van der Waals surface area contributed by atoms with Gasteiger partial charge in [-0.3, -0.25) is 4.79 Å². The normalized spacial score (nSPS) is 11.1. The first-order valence-electron chi connectivity index (χ1n) is 5.82. The van der Waals surface area contributed by atoms with Crippen LogP contribution < -0.4 is 4.74 Å². The molecule has 0 bridgehead atoms. The molecule has 0 fully saturated rings. The molecule has 1 aromatic rings. The molecule has 0 saturated carbocycles. The number of carbonyl (C=O) groups excluding carboxylic acids is 1. The molecule has 3 nitrogen and oxygen atoms in total. The second kappa shape index (κ2) is 5.71. The maximum Gasteiger partial charge on any atom is 0.311 e. The van der Waals surface area contributed by atoms with Gasteiger partial charge >= 0.3 is 5.97 Å². The van der Waals surface area contributed by atoms with Crippen LogP contribution in [0.15, 0.2) is 24.3 Å². The zero-order chi connectivity index (χ0) is 12.9. The molecule has 0 spiro atoms. The quantitative estimate of drug-likeness (QED) is 0.753. The number of carbonyl (C=O) groups is 1. The maximum absolute atomic E-state index is 11.6. The highest BCUT2D eigenvalue weighted by Gasteiger charge is 2.22. The van der Waals surface area contributed by atoms with Gasteiger partial charge in [-0.25, -0.2) is 0 Å². The lowest BCUT2D eigenvalue weighted by molar-refractivity contribution is -0.154. The molecule has 0 N–H and O–H groups in total. The van der Waals surface area contributed by atoms with E-state index in [1.54, 1.807) is 0 Å². The van der Waals surface area contributed by atoms with Gasteiger partial charge in [0.15, 0.2) is 0 Å². The van der Waals surface area contributed by atoms with Crippen LogP contribution in [0.3, 0.4) is 0 Å². The van der Waals surface area contributed by atoms with Crippen molar-refractivity contribution in [3.63, 3.8) is 0 Å². The summed E-state index contributed by atoms with van der Waals surface area (Å²) in [7, 11) is 0. The van der Waals surface area contributed by atoms with Crippen molar-refractivity contribution >= 4 is 5.97 Å². The van der Waals surface area contributed by atoms with Crippen LogP contribution in [-0.2, 0) is 16.1 Å². The van der Waals surface area contributed by atoms with Gasteiger partial charge in [0.1, 0.15) is 12.4 Å². The summed E-state index contributed by atoms with van der Waals surface area (Å²) in [5, 5.41) is 0. The zero-order valence-electron chi connectivity index (χ0n) is 10.9. The van der Waals surface area contributed by atoms with E-state index in [9.17, 15) is 4.79 Å². The smallest absolute Gasteiger partial charge is 0.311 e. The molecule has 0 aliphatic rings. The molecule has 0 atom stereocenters. The summed E-state index contributed by atoms with van der Waals surface area (Å²) in [6.07, 6.45) is 0. The van der Waals surface area contributed by atoms with Crippen molar-refractivity contribution < 1.29 is 14.3 Å². The van der Waals surface area contributed by atoms with Gasteiger partial charge < -0.3 is 9.47 Å². The van der Waals surface area contributed by atoms with Gasteiger partial charge in [0.25, 0.3) is 0 Å². The van der Waals surface area contributed by atoms with Crippen LogP contribution in [-0.4, -0.2) is 12.6 Å². The van der Waals surface area contributed by atoms with E-state index in [4.69, 9.17) is 9.47 Å². The Morgan fingerprint density at radius 3 is 2.59 bits per heavy atom. The fourth-order valence-corrected chi connectivity index (χ4v) is 1.26. The summed E-state index contributed by atoms with van der Waals surface area (Å²) in [6.45, 7) is 8.37. The topological polar surface area (TPSA) is 35.5 Å². The van der Waals surface area contributed by atoms with Gasteiger partial charge in [-0.05, 0) is 45.4 Å². The van der Waals surface area contributed by atoms with Crippen molar-refractivity contribution in [2.75, 3.05) is 6.61 Å². The number of rotatable bonds is 4. The Balaban J connectivity index is 2.57. The van der Waals surface area contributed by atoms with Crippen molar-refractivity contribution in [2.24, 2.45) is 5.41 Å². The number of esters is 1. The highest BCUT2D eigenvalue weighted by Crippen LogP contribution is 2.18.